The molecular formula is C20H17N3O5S2. The average molecular weight is 444 g/mol. The van der Waals surface area contributed by atoms with Crippen LogP contribution in [0.2, 0.25) is 0 Å². The minimum Gasteiger partial charge on any atom is -0.495 e. The third-order valence-corrected chi connectivity index (χ3v) is 6.10. The first-order valence-electron chi connectivity index (χ1n) is 8.62. The number of methoxy groups -OCH3 is 1. The lowest BCUT2D eigenvalue weighted by Crippen LogP contribution is -2.20. The van der Waals surface area contributed by atoms with Gasteiger partial charge in [0.2, 0.25) is 9.84 Å². The minimum absolute atomic E-state index is 0.0388. The fourth-order valence-corrected chi connectivity index (χ4v) is 4.23. The molecule has 10 heteroatoms. The Labute approximate surface area is 178 Å². The van der Waals surface area contributed by atoms with Gasteiger partial charge in [-0.2, -0.15) is 0 Å². The fraction of sp³-hybridized carbons (Fsp3) is 0.0500. The second-order valence-electron chi connectivity index (χ2n) is 6.03. The molecule has 0 saturated heterocycles. The van der Waals surface area contributed by atoms with E-state index in [1.807, 2.05) is 0 Å². The van der Waals surface area contributed by atoms with E-state index in [4.69, 9.17) is 17.0 Å². The van der Waals surface area contributed by atoms with Gasteiger partial charge in [0.15, 0.2) is 5.11 Å². The molecule has 8 nitrogen and oxygen atoms in total. The lowest BCUT2D eigenvalue weighted by molar-refractivity contribution is -0.383. The van der Waals surface area contributed by atoms with E-state index in [2.05, 4.69) is 10.6 Å². The normalized spacial score (nSPS) is 10.8. The van der Waals surface area contributed by atoms with E-state index in [0.717, 1.165) is 0 Å². The van der Waals surface area contributed by atoms with Crippen molar-refractivity contribution in [3.05, 3.63) is 82.9 Å². The van der Waals surface area contributed by atoms with Crippen molar-refractivity contribution < 1.29 is 18.1 Å². The summed E-state index contributed by atoms with van der Waals surface area (Å²) >= 11 is 5.25. The second-order valence-corrected chi connectivity index (χ2v) is 8.39. The monoisotopic (exact) mass is 443 g/mol. The molecule has 0 amide bonds. The molecule has 2 N–H and O–H groups in total. The zero-order valence-corrected chi connectivity index (χ0v) is 17.4. The predicted molar refractivity (Wildman–Crippen MR) is 118 cm³/mol. The lowest BCUT2D eigenvalue weighted by atomic mass is 10.2. The van der Waals surface area contributed by atoms with Crippen LogP contribution in [0.3, 0.4) is 0 Å². The molecule has 0 atom stereocenters. The first-order valence-corrected chi connectivity index (χ1v) is 10.5. The molecule has 0 bridgehead atoms. The van der Waals surface area contributed by atoms with Gasteiger partial charge in [-0.25, -0.2) is 8.42 Å². The van der Waals surface area contributed by atoms with Crippen molar-refractivity contribution >= 4 is 44.2 Å². The molecule has 154 valence electrons. The van der Waals surface area contributed by atoms with Crippen LogP contribution in [0.4, 0.5) is 17.1 Å². The van der Waals surface area contributed by atoms with E-state index in [9.17, 15) is 18.5 Å². The number of nitrogens with one attached hydrogen (secondary N) is 2. The molecule has 0 aliphatic rings. The molecule has 30 heavy (non-hydrogen) atoms. The van der Waals surface area contributed by atoms with Crippen molar-refractivity contribution in [2.24, 2.45) is 0 Å². The first kappa shape index (κ1) is 21.2. The summed E-state index contributed by atoms with van der Waals surface area (Å²) in [6.07, 6.45) is 0. The summed E-state index contributed by atoms with van der Waals surface area (Å²) in [6.45, 7) is 0. The molecule has 0 saturated carbocycles. The number of benzene rings is 3. The molecule has 3 rings (SSSR count). The molecule has 3 aromatic rings. The van der Waals surface area contributed by atoms with Crippen molar-refractivity contribution in [1.29, 1.82) is 0 Å². The van der Waals surface area contributed by atoms with Crippen LogP contribution in [0.25, 0.3) is 0 Å². The van der Waals surface area contributed by atoms with Crippen molar-refractivity contribution in [3.8, 4) is 5.75 Å². The average Bonchev–Trinajstić information content (AvgIpc) is 2.74. The minimum atomic E-state index is -3.75. The maximum absolute atomic E-state index is 12.9. The van der Waals surface area contributed by atoms with Gasteiger partial charge in [-0.15, -0.1) is 0 Å². The predicted octanol–water partition coefficient (Wildman–Crippen LogP) is 4.25. The van der Waals surface area contributed by atoms with E-state index in [-0.39, 0.29) is 26.3 Å². The van der Waals surface area contributed by atoms with Gasteiger partial charge in [-0.1, -0.05) is 30.3 Å². The summed E-state index contributed by atoms with van der Waals surface area (Å²) in [7, 11) is -2.31. The van der Waals surface area contributed by atoms with Gasteiger partial charge in [0.05, 0.1) is 27.5 Å². The SMILES string of the molecule is COc1ccc(S(=O)(=O)c2ccccc2)cc1NC(=S)Nc1ccccc1[N+](=O)[O-]. The van der Waals surface area contributed by atoms with E-state index >= 15 is 0 Å². The van der Waals surface area contributed by atoms with Crippen molar-refractivity contribution in [1.82, 2.24) is 0 Å². The fourth-order valence-electron chi connectivity index (χ4n) is 2.70. The van der Waals surface area contributed by atoms with Gasteiger partial charge in [0.1, 0.15) is 11.4 Å². The quantitative estimate of drug-likeness (QED) is 0.331. The molecule has 0 aliphatic carbocycles. The van der Waals surface area contributed by atoms with Crippen LogP contribution in [0, 0.1) is 10.1 Å². The summed E-state index contributed by atoms with van der Waals surface area (Å²) < 4.78 is 31.1. The highest BCUT2D eigenvalue weighted by atomic mass is 32.2. The van der Waals surface area contributed by atoms with E-state index < -0.39 is 14.8 Å². The third-order valence-electron chi connectivity index (χ3n) is 4.13. The molecule has 3 aromatic carbocycles. The molecule has 0 spiro atoms. The summed E-state index contributed by atoms with van der Waals surface area (Å²) in [5.41, 5.74) is 0.353. The molecular weight excluding hydrogens is 426 g/mol. The van der Waals surface area contributed by atoms with E-state index in [1.165, 1.54) is 49.6 Å². The number of nitrogens with zero attached hydrogens (tertiary/aromatic N) is 1. The molecule has 0 aromatic heterocycles. The maximum Gasteiger partial charge on any atom is 0.292 e. The van der Waals surface area contributed by atoms with Crippen LogP contribution in [-0.4, -0.2) is 25.6 Å². The summed E-state index contributed by atoms with van der Waals surface area (Å²) in [5.74, 6) is 0.355. The Morgan fingerprint density at radius 3 is 2.23 bits per heavy atom. The zero-order valence-electron chi connectivity index (χ0n) is 15.7. The highest BCUT2D eigenvalue weighted by Gasteiger charge is 2.20. The smallest absolute Gasteiger partial charge is 0.292 e. The Kier molecular flexibility index (Phi) is 6.28. The highest BCUT2D eigenvalue weighted by Crippen LogP contribution is 2.31. The van der Waals surface area contributed by atoms with E-state index in [0.29, 0.717) is 11.4 Å². The van der Waals surface area contributed by atoms with E-state index in [1.54, 1.807) is 30.3 Å². The Bertz CT molecular complexity index is 1200. The van der Waals surface area contributed by atoms with Gasteiger partial charge < -0.3 is 15.4 Å². The Morgan fingerprint density at radius 1 is 0.933 bits per heavy atom. The van der Waals surface area contributed by atoms with Gasteiger partial charge in [0.25, 0.3) is 5.69 Å². The van der Waals surface area contributed by atoms with Crippen LogP contribution in [0.1, 0.15) is 0 Å². The van der Waals surface area contributed by atoms with Crippen LogP contribution >= 0.6 is 12.2 Å². The van der Waals surface area contributed by atoms with Gasteiger partial charge in [-0.3, -0.25) is 10.1 Å². The number of para-hydroxylation sites is 2. The first-order chi connectivity index (χ1) is 14.3. The van der Waals surface area contributed by atoms with Crippen LogP contribution < -0.4 is 15.4 Å². The van der Waals surface area contributed by atoms with Gasteiger partial charge >= 0.3 is 0 Å². The number of anilines is 2. The second kappa shape index (κ2) is 8.89. The molecule has 0 radical (unpaired) electrons. The Hall–Kier alpha value is -3.50. The number of hydrogen-bond donors (Lipinski definition) is 2. The largest absolute Gasteiger partial charge is 0.495 e. The summed E-state index contributed by atoms with van der Waals surface area (Å²) in [4.78, 5) is 10.8. The number of ether oxygens (including phenoxy) is 1. The maximum atomic E-state index is 12.9. The molecule has 0 heterocycles. The molecule has 0 fully saturated rings. The van der Waals surface area contributed by atoms with Crippen molar-refractivity contribution in [3.63, 3.8) is 0 Å². The molecule has 0 aliphatic heterocycles. The Morgan fingerprint density at radius 2 is 1.57 bits per heavy atom. The number of sulfone groups is 1. The van der Waals surface area contributed by atoms with Crippen LogP contribution in [0.15, 0.2) is 82.6 Å². The highest BCUT2D eigenvalue weighted by molar-refractivity contribution is 7.91. The van der Waals surface area contributed by atoms with Crippen molar-refractivity contribution in [2.45, 2.75) is 9.79 Å². The van der Waals surface area contributed by atoms with Crippen molar-refractivity contribution in [2.75, 3.05) is 17.7 Å². The zero-order chi connectivity index (χ0) is 21.7. The Balaban J connectivity index is 1.90. The lowest BCUT2D eigenvalue weighted by Gasteiger charge is -2.15. The number of nitro groups is 1. The third kappa shape index (κ3) is 4.56. The van der Waals surface area contributed by atoms with Crippen LogP contribution in [-0.2, 0) is 9.84 Å². The number of thiocarbonyl (C=S) groups is 1. The van der Waals surface area contributed by atoms with Gasteiger partial charge in [0, 0.05) is 6.07 Å². The topological polar surface area (TPSA) is 111 Å². The number of rotatable bonds is 6. The summed E-state index contributed by atoms with van der Waals surface area (Å²) in [5, 5.41) is 16.8. The standard InChI is InChI=1S/C20H17N3O5S2/c1-28-19-12-11-15(30(26,27)14-7-3-2-4-8-14)13-17(19)22-20(29)21-16-9-5-6-10-18(16)23(24)25/h2-13H,1H3,(H2,21,22,29). The molecule has 0 unspecified atom stereocenters. The van der Waals surface area contributed by atoms with Crippen LogP contribution in [0.5, 0.6) is 5.75 Å². The number of nitro benzene ring substituents is 1. The number of hydrogen-bond acceptors (Lipinski definition) is 6. The summed E-state index contributed by atoms with van der Waals surface area (Å²) in [6, 6.07) is 18.4. The van der Waals surface area contributed by atoms with Gasteiger partial charge in [-0.05, 0) is 48.6 Å².